The lowest BCUT2D eigenvalue weighted by Crippen LogP contribution is -2.27. The van der Waals surface area contributed by atoms with E-state index in [9.17, 15) is 9.90 Å². The molecule has 0 aliphatic carbocycles. The minimum Gasteiger partial charge on any atom is -0.479 e. The highest BCUT2D eigenvalue weighted by Crippen LogP contribution is 2.37. The third-order valence-corrected chi connectivity index (χ3v) is 5.53. The molecule has 0 aliphatic rings. The third kappa shape index (κ3) is 5.65. The van der Waals surface area contributed by atoms with E-state index < -0.39 is 17.7 Å². The van der Waals surface area contributed by atoms with Crippen molar-refractivity contribution in [1.82, 2.24) is 9.78 Å². The molecule has 170 valence electrons. The van der Waals surface area contributed by atoms with E-state index in [2.05, 4.69) is 43.2 Å². The van der Waals surface area contributed by atoms with Crippen LogP contribution in [0, 0.1) is 6.92 Å². The second-order valence-corrected chi connectivity index (χ2v) is 9.40. The molecule has 1 unspecified atom stereocenters. The minimum atomic E-state index is -1.06. The van der Waals surface area contributed by atoms with Crippen LogP contribution >= 0.6 is 0 Å². The van der Waals surface area contributed by atoms with Gasteiger partial charge in [-0.25, -0.2) is 4.79 Å². The maximum atomic E-state index is 12.2. The van der Waals surface area contributed by atoms with Crippen molar-refractivity contribution in [2.45, 2.75) is 65.6 Å². The van der Waals surface area contributed by atoms with E-state index in [0.717, 1.165) is 41.5 Å². The molecule has 5 nitrogen and oxygen atoms in total. The van der Waals surface area contributed by atoms with Crippen LogP contribution in [0.25, 0.3) is 22.3 Å². The average Bonchev–Trinajstić information content (AvgIpc) is 3.16. The van der Waals surface area contributed by atoms with Gasteiger partial charge in [0, 0.05) is 18.8 Å². The van der Waals surface area contributed by atoms with Gasteiger partial charge in [-0.15, -0.1) is 0 Å². The second kappa shape index (κ2) is 9.70. The molecule has 1 N–H and O–H groups in total. The number of carboxylic acids is 1. The topological polar surface area (TPSA) is 64.4 Å². The zero-order valence-corrected chi connectivity index (χ0v) is 20.0. The summed E-state index contributed by atoms with van der Waals surface area (Å²) in [5.41, 5.74) is 6.48. The molecule has 1 aromatic heterocycles. The summed E-state index contributed by atoms with van der Waals surface area (Å²) in [6.07, 6.45) is 5.98. The van der Waals surface area contributed by atoms with Gasteiger partial charge in [-0.2, -0.15) is 5.10 Å². The number of carboxylic acid groups (broad SMARTS) is 1. The van der Waals surface area contributed by atoms with Gasteiger partial charge in [0.2, 0.25) is 0 Å². The SMILES string of the molecule is CCCCc1cc(-c2cc(-c3cnn(C)c3)ccc2C(OC(C)(C)C)C(=O)O)ccc1C. The lowest BCUT2D eigenvalue weighted by molar-refractivity contribution is -0.160. The van der Waals surface area contributed by atoms with Gasteiger partial charge in [0.25, 0.3) is 0 Å². The summed E-state index contributed by atoms with van der Waals surface area (Å²) in [7, 11) is 1.89. The molecule has 0 aliphatic heterocycles. The first-order valence-corrected chi connectivity index (χ1v) is 11.2. The molecule has 1 heterocycles. The fraction of sp³-hybridized carbons (Fsp3) is 0.407. The monoisotopic (exact) mass is 434 g/mol. The Morgan fingerprint density at radius 1 is 1.12 bits per heavy atom. The lowest BCUT2D eigenvalue weighted by atomic mass is 9.90. The number of rotatable bonds is 8. The highest BCUT2D eigenvalue weighted by atomic mass is 16.5. The van der Waals surface area contributed by atoms with Crippen LogP contribution in [0.5, 0.6) is 0 Å². The number of aliphatic carboxylic acids is 1. The van der Waals surface area contributed by atoms with E-state index in [0.29, 0.717) is 5.56 Å². The van der Waals surface area contributed by atoms with Crippen molar-refractivity contribution in [3.63, 3.8) is 0 Å². The summed E-state index contributed by atoms with van der Waals surface area (Å²) in [6, 6.07) is 12.3. The van der Waals surface area contributed by atoms with Crippen molar-refractivity contribution >= 4 is 5.97 Å². The van der Waals surface area contributed by atoms with Crippen molar-refractivity contribution < 1.29 is 14.6 Å². The highest BCUT2D eigenvalue weighted by molar-refractivity contribution is 5.82. The fourth-order valence-electron chi connectivity index (χ4n) is 3.86. The maximum absolute atomic E-state index is 12.2. The van der Waals surface area contributed by atoms with E-state index >= 15 is 0 Å². The minimum absolute atomic E-state index is 0.595. The summed E-state index contributed by atoms with van der Waals surface area (Å²) in [4.78, 5) is 12.2. The second-order valence-electron chi connectivity index (χ2n) is 9.40. The van der Waals surface area contributed by atoms with Crippen LogP contribution in [0.15, 0.2) is 48.8 Å². The van der Waals surface area contributed by atoms with Crippen molar-refractivity contribution in [3.05, 3.63) is 65.5 Å². The Morgan fingerprint density at radius 2 is 1.84 bits per heavy atom. The number of benzene rings is 2. The molecule has 0 amide bonds. The number of hydrogen-bond donors (Lipinski definition) is 1. The molecule has 0 spiro atoms. The molecule has 32 heavy (non-hydrogen) atoms. The number of unbranched alkanes of at least 4 members (excludes halogenated alkanes) is 1. The third-order valence-electron chi connectivity index (χ3n) is 5.53. The van der Waals surface area contributed by atoms with E-state index in [1.54, 1.807) is 4.68 Å². The molecule has 3 aromatic rings. The van der Waals surface area contributed by atoms with Gasteiger partial charge >= 0.3 is 5.97 Å². The number of ether oxygens (including phenoxy) is 1. The number of aryl methyl sites for hydroxylation is 3. The predicted octanol–water partition coefficient (Wildman–Crippen LogP) is 6.35. The van der Waals surface area contributed by atoms with Crippen molar-refractivity contribution in [3.8, 4) is 22.3 Å². The molecule has 2 aromatic carbocycles. The number of aromatic nitrogens is 2. The van der Waals surface area contributed by atoms with Crippen LogP contribution in [-0.4, -0.2) is 26.5 Å². The Labute approximate surface area is 191 Å². The Balaban J connectivity index is 2.19. The molecule has 1 atom stereocenters. The van der Waals surface area contributed by atoms with Crippen LogP contribution in [-0.2, 0) is 23.0 Å². The van der Waals surface area contributed by atoms with Crippen molar-refractivity contribution in [2.75, 3.05) is 0 Å². The van der Waals surface area contributed by atoms with Crippen LogP contribution in [0.4, 0.5) is 0 Å². The average molecular weight is 435 g/mol. The van der Waals surface area contributed by atoms with Crippen molar-refractivity contribution in [2.24, 2.45) is 7.05 Å². The first kappa shape index (κ1) is 23.7. The van der Waals surface area contributed by atoms with E-state index in [-0.39, 0.29) is 0 Å². The summed E-state index contributed by atoms with van der Waals surface area (Å²) in [5, 5.41) is 14.3. The lowest BCUT2D eigenvalue weighted by Gasteiger charge is -2.27. The standard InChI is InChI=1S/C27H34N2O3/c1-7-8-9-19-14-21(11-10-18(19)2)24-15-20(22-16-28-29(6)17-22)12-13-23(24)25(26(30)31)32-27(3,4)5/h10-17,25H,7-9H2,1-6H3,(H,30,31). The predicted molar refractivity (Wildman–Crippen MR) is 129 cm³/mol. The van der Waals surface area contributed by atoms with E-state index in [1.807, 2.05) is 52.3 Å². The number of nitrogens with zero attached hydrogens (tertiary/aromatic N) is 2. The molecule has 0 fully saturated rings. The van der Waals surface area contributed by atoms with Gasteiger partial charge in [-0.3, -0.25) is 4.68 Å². The largest absolute Gasteiger partial charge is 0.479 e. The molecule has 0 saturated carbocycles. The Morgan fingerprint density at radius 3 is 2.44 bits per heavy atom. The molecule has 3 rings (SSSR count). The van der Waals surface area contributed by atoms with Crippen LogP contribution in [0.3, 0.4) is 0 Å². The van der Waals surface area contributed by atoms with Gasteiger partial charge in [-0.1, -0.05) is 43.7 Å². The Kier molecular flexibility index (Phi) is 7.19. The van der Waals surface area contributed by atoms with Gasteiger partial charge in [0.05, 0.1) is 11.8 Å². The number of carbonyl (C=O) groups is 1. The maximum Gasteiger partial charge on any atom is 0.337 e. The van der Waals surface area contributed by atoms with Crippen LogP contribution < -0.4 is 0 Å². The zero-order valence-electron chi connectivity index (χ0n) is 20.0. The molecule has 0 saturated heterocycles. The zero-order chi connectivity index (χ0) is 23.5. The van der Waals surface area contributed by atoms with Crippen LogP contribution in [0.2, 0.25) is 0 Å². The number of hydrogen-bond acceptors (Lipinski definition) is 3. The van der Waals surface area contributed by atoms with Crippen LogP contribution in [0.1, 0.15) is 63.3 Å². The molecule has 0 bridgehead atoms. The molecular formula is C27H34N2O3. The van der Waals surface area contributed by atoms with E-state index in [1.165, 1.54) is 11.1 Å². The van der Waals surface area contributed by atoms with Crippen molar-refractivity contribution in [1.29, 1.82) is 0 Å². The summed E-state index contributed by atoms with van der Waals surface area (Å²) >= 11 is 0. The molecular weight excluding hydrogens is 400 g/mol. The molecule has 5 heteroatoms. The Hall–Kier alpha value is -2.92. The Bertz CT molecular complexity index is 1090. The normalized spacial score (nSPS) is 12.7. The molecule has 0 radical (unpaired) electrons. The van der Waals surface area contributed by atoms with Gasteiger partial charge in [-0.05, 0) is 80.0 Å². The van der Waals surface area contributed by atoms with Gasteiger partial charge in [0.15, 0.2) is 6.10 Å². The summed E-state index contributed by atoms with van der Waals surface area (Å²) in [6.45, 7) is 9.95. The summed E-state index contributed by atoms with van der Waals surface area (Å²) in [5.74, 6) is -0.992. The van der Waals surface area contributed by atoms with Gasteiger partial charge in [0.1, 0.15) is 0 Å². The first-order valence-electron chi connectivity index (χ1n) is 11.2. The summed E-state index contributed by atoms with van der Waals surface area (Å²) < 4.78 is 7.76. The highest BCUT2D eigenvalue weighted by Gasteiger charge is 2.29. The quantitative estimate of drug-likeness (QED) is 0.449. The van der Waals surface area contributed by atoms with Gasteiger partial charge < -0.3 is 9.84 Å². The smallest absolute Gasteiger partial charge is 0.337 e. The first-order chi connectivity index (χ1) is 15.1. The van der Waals surface area contributed by atoms with E-state index in [4.69, 9.17) is 4.74 Å². The fourth-order valence-corrected chi connectivity index (χ4v) is 3.86.